The Bertz CT molecular complexity index is 68.0. The highest BCUT2D eigenvalue weighted by Crippen LogP contribution is 1.71. The minimum Gasteiger partial charge on any atom is -0.507 e. The third-order valence-electron chi connectivity index (χ3n) is 0.397. The van der Waals surface area contributed by atoms with E-state index in [1.165, 1.54) is 0 Å². The van der Waals surface area contributed by atoms with Crippen LogP contribution in [0.15, 0.2) is 18.1 Å². The molecule has 0 atom stereocenters. The van der Waals surface area contributed by atoms with E-state index in [1.807, 2.05) is 6.92 Å². The molecule has 0 amide bonds. The van der Waals surface area contributed by atoms with E-state index in [4.69, 9.17) is 5.11 Å². The molecule has 0 heterocycles. The average molecular weight is 84.1 g/mol. The second kappa shape index (κ2) is 4.32. The molecule has 34 valence electrons. The Balaban J connectivity index is 3.18. The maximum absolute atomic E-state index is 7.93. The number of hydrogen-bond acceptors (Lipinski definition) is 1. The van der Waals surface area contributed by atoms with E-state index in [2.05, 4.69) is 5.73 Å². The Hall–Kier alpha value is -0.680. The summed E-state index contributed by atoms with van der Waals surface area (Å²) in [4.78, 5) is 0. The van der Waals surface area contributed by atoms with Crippen LogP contribution in [-0.4, -0.2) is 5.11 Å². The number of hydrogen-bond donors (Lipinski definition) is 1. The molecule has 0 saturated carbocycles. The van der Waals surface area contributed by atoms with Gasteiger partial charge in [-0.3, -0.25) is 0 Å². The molecule has 0 aliphatic heterocycles. The molecule has 6 heavy (non-hydrogen) atoms. The molecule has 0 aliphatic rings. The lowest BCUT2D eigenvalue weighted by Crippen LogP contribution is -1.44. The first-order chi connectivity index (χ1) is 2.91. The first-order valence-electron chi connectivity index (χ1n) is 1.95. The van der Waals surface area contributed by atoms with Crippen LogP contribution in [0.1, 0.15) is 13.3 Å². The summed E-state index contributed by atoms with van der Waals surface area (Å²) in [6.07, 6.45) is 3.58. The van der Waals surface area contributed by atoms with Crippen molar-refractivity contribution >= 4 is 0 Å². The average Bonchev–Trinajstić information content (AvgIpc) is 1.61. The molecule has 0 aromatic rings. The fourth-order valence-electron chi connectivity index (χ4n) is 0.171. The number of aliphatic hydroxyl groups is 1. The molecule has 0 aromatic carbocycles. The van der Waals surface area contributed by atoms with E-state index in [0.717, 1.165) is 12.7 Å². The molecule has 0 saturated heterocycles. The lowest BCUT2D eigenvalue weighted by Gasteiger charge is -1.62. The van der Waals surface area contributed by atoms with Crippen molar-refractivity contribution in [2.45, 2.75) is 13.3 Å². The van der Waals surface area contributed by atoms with Gasteiger partial charge < -0.3 is 5.11 Å². The van der Waals surface area contributed by atoms with Crippen LogP contribution in [0.4, 0.5) is 0 Å². The van der Waals surface area contributed by atoms with E-state index >= 15 is 0 Å². The minimum absolute atomic E-state index is 0.906. The fraction of sp³-hybridized carbons (Fsp3) is 0.400. The molecule has 0 aliphatic carbocycles. The topological polar surface area (TPSA) is 20.2 Å². The highest BCUT2D eigenvalue weighted by atomic mass is 16.2. The van der Waals surface area contributed by atoms with Crippen molar-refractivity contribution in [3.05, 3.63) is 18.1 Å². The Morgan fingerprint density at radius 1 is 1.83 bits per heavy atom. The van der Waals surface area contributed by atoms with E-state index in [1.54, 1.807) is 6.08 Å². The van der Waals surface area contributed by atoms with Crippen molar-refractivity contribution in [2.24, 2.45) is 0 Å². The van der Waals surface area contributed by atoms with Gasteiger partial charge in [0.05, 0.1) is 0 Å². The van der Waals surface area contributed by atoms with Gasteiger partial charge in [0.15, 0.2) is 0 Å². The van der Waals surface area contributed by atoms with Crippen LogP contribution in [0, 0.1) is 0 Å². The molecular formula is C5H8O. The van der Waals surface area contributed by atoms with Gasteiger partial charge in [-0.1, -0.05) is 12.7 Å². The maximum atomic E-state index is 7.93. The minimum atomic E-state index is 0.906. The van der Waals surface area contributed by atoms with Crippen LogP contribution in [0.3, 0.4) is 0 Å². The van der Waals surface area contributed by atoms with Gasteiger partial charge in [-0.15, -0.1) is 0 Å². The summed E-state index contributed by atoms with van der Waals surface area (Å²) in [5, 5.41) is 7.93. The Kier molecular flexibility index (Phi) is 3.83. The molecule has 0 spiro atoms. The molecular weight excluding hydrogens is 76.1 g/mol. The van der Waals surface area contributed by atoms with Crippen molar-refractivity contribution in [3.63, 3.8) is 0 Å². The normalized spacial score (nSPS) is 6.17. The molecule has 0 unspecified atom stereocenters. The first-order valence-corrected chi connectivity index (χ1v) is 1.95. The van der Waals surface area contributed by atoms with Crippen molar-refractivity contribution in [1.82, 2.24) is 0 Å². The molecule has 1 N–H and O–H groups in total. The largest absolute Gasteiger partial charge is 0.507 e. The highest BCUT2D eigenvalue weighted by molar-refractivity contribution is 4.75. The summed E-state index contributed by atoms with van der Waals surface area (Å²) in [5.41, 5.74) is 2.50. The zero-order valence-electron chi connectivity index (χ0n) is 3.81. The van der Waals surface area contributed by atoms with Crippen LogP contribution >= 0.6 is 0 Å². The van der Waals surface area contributed by atoms with Gasteiger partial charge in [0.1, 0.15) is 6.26 Å². The van der Waals surface area contributed by atoms with E-state index < -0.39 is 0 Å². The van der Waals surface area contributed by atoms with Gasteiger partial charge in [-0.25, -0.2) is 0 Å². The standard InChI is InChI=1S/C5H8O/c1-2-3-4-5-6/h3,5-6H,2H2,1H3. The summed E-state index contributed by atoms with van der Waals surface area (Å²) in [5.74, 6) is 0. The summed E-state index contributed by atoms with van der Waals surface area (Å²) < 4.78 is 0. The van der Waals surface area contributed by atoms with E-state index in [9.17, 15) is 0 Å². The Morgan fingerprint density at radius 2 is 2.50 bits per heavy atom. The van der Waals surface area contributed by atoms with Gasteiger partial charge in [-0.05, 0) is 12.5 Å². The van der Waals surface area contributed by atoms with Crippen molar-refractivity contribution in [1.29, 1.82) is 0 Å². The predicted molar refractivity (Wildman–Crippen MR) is 25.6 cm³/mol. The SMILES string of the molecule is CCC=C=CO. The summed E-state index contributed by atoms with van der Waals surface area (Å²) in [7, 11) is 0. The van der Waals surface area contributed by atoms with Gasteiger partial charge in [0.25, 0.3) is 0 Å². The summed E-state index contributed by atoms with van der Waals surface area (Å²) in [6.45, 7) is 1.98. The number of allylic oxidation sites excluding steroid dienone is 1. The second-order valence-electron chi connectivity index (χ2n) is 0.908. The molecule has 0 fully saturated rings. The van der Waals surface area contributed by atoms with Crippen LogP contribution in [-0.2, 0) is 0 Å². The third kappa shape index (κ3) is 3.32. The zero-order valence-corrected chi connectivity index (χ0v) is 3.81. The third-order valence-corrected chi connectivity index (χ3v) is 0.397. The molecule has 1 nitrogen and oxygen atoms in total. The first kappa shape index (κ1) is 5.32. The molecule has 0 bridgehead atoms. The lowest BCUT2D eigenvalue weighted by molar-refractivity contribution is 0.475. The van der Waals surface area contributed by atoms with Crippen molar-refractivity contribution < 1.29 is 5.11 Å². The quantitative estimate of drug-likeness (QED) is 0.378. The van der Waals surface area contributed by atoms with Crippen LogP contribution in [0.5, 0.6) is 0 Å². The van der Waals surface area contributed by atoms with Crippen LogP contribution < -0.4 is 0 Å². The number of aliphatic hydroxyl groups excluding tert-OH is 1. The Labute approximate surface area is 37.6 Å². The highest BCUT2D eigenvalue weighted by Gasteiger charge is 1.52. The van der Waals surface area contributed by atoms with Gasteiger partial charge in [0.2, 0.25) is 0 Å². The molecule has 0 radical (unpaired) electrons. The van der Waals surface area contributed by atoms with Gasteiger partial charge in [-0.2, -0.15) is 0 Å². The second-order valence-corrected chi connectivity index (χ2v) is 0.908. The van der Waals surface area contributed by atoms with Crippen molar-refractivity contribution in [3.8, 4) is 0 Å². The smallest absolute Gasteiger partial charge is 0.121 e. The maximum Gasteiger partial charge on any atom is 0.121 e. The van der Waals surface area contributed by atoms with Crippen LogP contribution in [0.25, 0.3) is 0 Å². The van der Waals surface area contributed by atoms with Gasteiger partial charge in [0, 0.05) is 0 Å². The van der Waals surface area contributed by atoms with Crippen LogP contribution in [0.2, 0.25) is 0 Å². The monoisotopic (exact) mass is 84.1 g/mol. The number of rotatable bonds is 1. The van der Waals surface area contributed by atoms with Crippen molar-refractivity contribution in [2.75, 3.05) is 0 Å². The molecule has 0 aromatic heterocycles. The lowest BCUT2D eigenvalue weighted by atomic mass is 10.5. The summed E-state index contributed by atoms with van der Waals surface area (Å²) in [6, 6.07) is 0. The molecule has 1 heteroatoms. The van der Waals surface area contributed by atoms with E-state index in [-0.39, 0.29) is 0 Å². The molecule has 0 rings (SSSR count). The fourth-order valence-corrected chi connectivity index (χ4v) is 0.171. The van der Waals surface area contributed by atoms with Gasteiger partial charge >= 0.3 is 0 Å². The predicted octanol–water partition coefficient (Wildman–Crippen LogP) is 1.62. The summed E-state index contributed by atoms with van der Waals surface area (Å²) >= 11 is 0. The Morgan fingerprint density at radius 3 is 2.67 bits per heavy atom. The zero-order chi connectivity index (χ0) is 4.83. The van der Waals surface area contributed by atoms with E-state index in [0.29, 0.717) is 0 Å².